The van der Waals surface area contributed by atoms with Crippen molar-refractivity contribution in [2.24, 2.45) is 7.05 Å². The number of nitrogens with one attached hydrogen (secondary N) is 1. The fraction of sp³-hybridized carbons (Fsp3) is 0.462. The van der Waals surface area contributed by atoms with Gasteiger partial charge in [-0.1, -0.05) is 6.92 Å². The van der Waals surface area contributed by atoms with E-state index < -0.39 is 0 Å². The maximum atomic E-state index is 13.9. The van der Waals surface area contributed by atoms with E-state index >= 15 is 0 Å². The number of aryl methyl sites for hydroxylation is 1. The Bertz CT molecular complexity index is 525. The molecule has 2 aromatic heterocycles. The van der Waals surface area contributed by atoms with Crippen LogP contribution >= 0.6 is 0 Å². The fourth-order valence-electron chi connectivity index (χ4n) is 1.97. The van der Waals surface area contributed by atoms with E-state index in [-0.39, 0.29) is 11.9 Å². The summed E-state index contributed by atoms with van der Waals surface area (Å²) in [5.74, 6) is 0.531. The van der Waals surface area contributed by atoms with Gasteiger partial charge in [-0.3, -0.25) is 9.67 Å². The summed E-state index contributed by atoms with van der Waals surface area (Å²) in [4.78, 5) is 7.98. The van der Waals surface area contributed by atoms with Gasteiger partial charge in [-0.05, 0) is 19.0 Å². The topological polar surface area (TPSA) is 55.6 Å². The second kappa shape index (κ2) is 6.38. The van der Waals surface area contributed by atoms with Crippen molar-refractivity contribution in [3.05, 3.63) is 42.0 Å². The minimum atomic E-state index is -0.293. The molecular weight excluding hydrogens is 245 g/mol. The third-order valence-electron chi connectivity index (χ3n) is 3.01. The van der Waals surface area contributed by atoms with Gasteiger partial charge in [0, 0.05) is 31.3 Å². The number of aromatic nitrogens is 4. The normalized spacial score (nSPS) is 12.6. The Morgan fingerprint density at radius 2 is 2.32 bits per heavy atom. The van der Waals surface area contributed by atoms with Crippen LogP contribution < -0.4 is 5.32 Å². The molecule has 2 heterocycles. The third kappa shape index (κ3) is 3.35. The molecule has 102 valence electrons. The molecule has 0 bridgehead atoms. The van der Waals surface area contributed by atoms with Crippen LogP contribution in [0.15, 0.2) is 24.8 Å². The van der Waals surface area contributed by atoms with Gasteiger partial charge in [-0.2, -0.15) is 5.10 Å². The summed E-state index contributed by atoms with van der Waals surface area (Å²) in [6, 6.07) is 1.59. The van der Waals surface area contributed by atoms with Crippen LogP contribution in [0.3, 0.4) is 0 Å². The molecule has 0 saturated heterocycles. The Labute approximate surface area is 111 Å². The number of hydrogen-bond acceptors (Lipinski definition) is 4. The molecule has 0 radical (unpaired) electrons. The first-order valence-corrected chi connectivity index (χ1v) is 6.38. The van der Waals surface area contributed by atoms with Crippen LogP contribution in [0.4, 0.5) is 4.39 Å². The van der Waals surface area contributed by atoms with Crippen LogP contribution in [-0.2, 0) is 13.5 Å². The summed E-state index contributed by atoms with van der Waals surface area (Å²) in [6.07, 6.45) is 5.94. The Hall–Kier alpha value is -1.82. The van der Waals surface area contributed by atoms with Gasteiger partial charge >= 0.3 is 0 Å². The molecular formula is C13H18FN5. The van der Waals surface area contributed by atoms with Crippen molar-refractivity contribution in [2.45, 2.75) is 25.8 Å². The van der Waals surface area contributed by atoms with Crippen LogP contribution in [0, 0.1) is 5.82 Å². The predicted molar refractivity (Wildman–Crippen MR) is 69.9 cm³/mol. The summed E-state index contributed by atoms with van der Waals surface area (Å²) < 4.78 is 15.6. The maximum absolute atomic E-state index is 13.9. The average Bonchev–Trinajstić information content (AvgIpc) is 2.81. The lowest BCUT2D eigenvalue weighted by molar-refractivity contribution is 0.479. The molecule has 2 rings (SSSR count). The number of pyridine rings is 1. The molecule has 0 aliphatic heterocycles. The molecule has 0 amide bonds. The average molecular weight is 263 g/mol. The van der Waals surface area contributed by atoms with Crippen molar-refractivity contribution in [1.82, 2.24) is 25.1 Å². The maximum Gasteiger partial charge on any atom is 0.146 e. The SMILES string of the molecule is CCCNC(Cc1ncnn1C)c1ccncc1F. The first kappa shape index (κ1) is 13.6. The van der Waals surface area contributed by atoms with Gasteiger partial charge in [-0.25, -0.2) is 9.37 Å². The predicted octanol–water partition coefficient (Wildman–Crippen LogP) is 1.63. The van der Waals surface area contributed by atoms with Gasteiger partial charge in [0.05, 0.1) is 6.20 Å². The molecule has 1 atom stereocenters. The number of hydrogen-bond donors (Lipinski definition) is 1. The largest absolute Gasteiger partial charge is 0.309 e. The van der Waals surface area contributed by atoms with E-state index in [4.69, 9.17) is 0 Å². The van der Waals surface area contributed by atoms with Crippen molar-refractivity contribution >= 4 is 0 Å². The van der Waals surface area contributed by atoms with E-state index in [1.807, 2.05) is 7.05 Å². The zero-order valence-corrected chi connectivity index (χ0v) is 11.2. The van der Waals surface area contributed by atoms with Crippen LogP contribution in [0.25, 0.3) is 0 Å². The van der Waals surface area contributed by atoms with E-state index in [9.17, 15) is 4.39 Å². The molecule has 0 saturated carbocycles. The third-order valence-corrected chi connectivity index (χ3v) is 3.01. The molecule has 0 aliphatic carbocycles. The quantitative estimate of drug-likeness (QED) is 0.860. The van der Waals surface area contributed by atoms with Gasteiger partial charge < -0.3 is 5.32 Å². The summed E-state index contributed by atoms with van der Waals surface area (Å²) in [7, 11) is 1.84. The second-order valence-electron chi connectivity index (χ2n) is 4.41. The lowest BCUT2D eigenvalue weighted by Crippen LogP contribution is -2.26. The Balaban J connectivity index is 2.21. The molecule has 0 aromatic carbocycles. The van der Waals surface area contributed by atoms with Crippen LogP contribution in [0.1, 0.15) is 30.8 Å². The molecule has 2 aromatic rings. The Morgan fingerprint density at radius 1 is 1.47 bits per heavy atom. The summed E-state index contributed by atoms with van der Waals surface area (Å²) in [5, 5.41) is 7.38. The highest BCUT2D eigenvalue weighted by Crippen LogP contribution is 2.19. The second-order valence-corrected chi connectivity index (χ2v) is 4.41. The van der Waals surface area contributed by atoms with Crippen LogP contribution in [0.5, 0.6) is 0 Å². The summed E-state index contributed by atoms with van der Waals surface area (Å²) in [5.41, 5.74) is 0.617. The highest BCUT2D eigenvalue weighted by atomic mass is 19.1. The van der Waals surface area contributed by atoms with Crippen LogP contribution in [0.2, 0.25) is 0 Å². The molecule has 1 unspecified atom stereocenters. The fourth-order valence-corrected chi connectivity index (χ4v) is 1.97. The van der Waals surface area contributed by atoms with E-state index in [1.165, 1.54) is 12.5 Å². The lowest BCUT2D eigenvalue weighted by atomic mass is 10.0. The van der Waals surface area contributed by atoms with Gasteiger partial charge in [0.2, 0.25) is 0 Å². The number of halogens is 1. The first-order valence-electron chi connectivity index (χ1n) is 6.38. The number of nitrogens with zero attached hydrogens (tertiary/aromatic N) is 4. The molecule has 19 heavy (non-hydrogen) atoms. The molecule has 0 fully saturated rings. The van der Waals surface area contributed by atoms with Crippen molar-refractivity contribution in [2.75, 3.05) is 6.54 Å². The van der Waals surface area contributed by atoms with Crippen LogP contribution in [-0.4, -0.2) is 26.3 Å². The van der Waals surface area contributed by atoms with Gasteiger partial charge in [0.15, 0.2) is 0 Å². The zero-order valence-electron chi connectivity index (χ0n) is 11.2. The number of rotatable bonds is 6. The van der Waals surface area contributed by atoms with Gasteiger partial charge in [0.25, 0.3) is 0 Å². The smallest absolute Gasteiger partial charge is 0.146 e. The minimum Gasteiger partial charge on any atom is -0.309 e. The molecule has 5 nitrogen and oxygen atoms in total. The standard InChI is InChI=1S/C13H18FN5/c1-3-5-16-12(7-13-17-9-18-19(13)2)10-4-6-15-8-11(10)14/h4,6,8-9,12,16H,3,5,7H2,1-2H3. The Kier molecular flexibility index (Phi) is 4.57. The van der Waals surface area contributed by atoms with E-state index in [2.05, 4.69) is 27.3 Å². The van der Waals surface area contributed by atoms with Gasteiger partial charge in [-0.15, -0.1) is 0 Å². The summed E-state index contributed by atoms with van der Waals surface area (Å²) >= 11 is 0. The van der Waals surface area contributed by atoms with Crippen molar-refractivity contribution in [1.29, 1.82) is 0 Å². The molecule has 6 heteroatoms. The minimum absolute atomic E-state index is 0.120. The molecule has 1 N–H and O–H groups in total. The Morgan fingerprint density at radius 3 is 2.95 bits per heavy atom. The van der Waals surface area contributed by atoms with Gasteiger partial charge in [0.1, 0.15) is 18.0 Å². The van der Waals surface area contributed by atoms with E-state index in [1.54, 1.807) is 16.9 Å². The first-order chi connectivity index (χ1) is 9.22. The zero-order chi connectivity index (χ0) is 13.7. The van der Waals surface area contributed by atoms with Crippen molar-refractivity contribution in [3.8, 4) is 0 Å². The lowest BCUT2D eigenvalue weighted by Gasteiger charge is -2.18. The highest BCUT2D eigenvalue weighted by molar-refractivity contribution is 5.18. The monoisotopic (exact) mass is 263 g/mol. The van der Waals surface area contributed by atoms with E-state index in [0.717, 1.165) is 18.8 Å². The van der Waals surface area contributed by atoms with Crippen molar-refractivity contribution < 1.29 is 4.39 Å². The summed E-state index contributed by atoms with van der Waals surface area (Å²) in [6.45, 7) is 2.90. The molecule has 0 spiro atoms. The highest BCUT2D eigenvalue weighted by Gasteiger charge is 2.17. The molecule has 0 aliphatic rings. The van der Waals surface area contributed by atoms with E-state index in [0.29, 0.717) is 12.0 Å². The van der Waals surface area contributed by atoms with Crippen molar-refractivity contribution in [3.63, 3.8) is 0 Å².